The number of aryl methyl sites for hydroxylation is 1. The van der Waals surface area contributed by atoms with Gasteiger partial charge in [0.05, 0.1) is 36.9 Å². The van der Waals surface area contributed by atoms with Crippen molar-refractivity contribution >= 4 is 17.5 Å². The van der Waals surface area contributed by atoms with Crippen LogP contribution in [0.2, 0.25) is 0 Å². The topological polar surface area (TPSA) is 123 Å². The van der Waals surface area contributed by atoms with E-state index < -0.39 is 17.6 Å². The molecule has 1 unspecified atom stereocenters. The van der Waals surface area contributed by atoms with Gasteiger partial charge in [-0.2, -0.15) is 0 Å². The lowest BCUT2D eigenvalue weighted by Crippen LogP contribution is -2.49. The number of carbonyl (C=O) groups is 2. The minimum Gasteiger partial charge on any atom is -0.489 e. The number of amides is 2. The van der Waals surface area contributed by atoms with Gasteiger partial charge in [-0.05, 0) is 43.3 Å². The van der Waals surface area contributed by atoms with Gasteiger partial charge >= 0.3 is 0 Å². The highest BCUT2D eigenvalue weighted by Gasteiger charge is 2.34. The van der Waals surface area contributed by atoms with Crippen LogP contribution in [-0.2, 0) is 9.53 Å². The summed E-state index contributed by atoms with van der Waals surface area (Å²) in [4.78, 5) is 35.8. The average Bonchev–Trinajstić information content (AvgIpc) is 3.00. The molecule has 1 saturated heterocycles. The Labute approximate surface area is 213 Å². The Morgan fingerprint density at radius 1 is 1.19 bits per heavy atom. The molecule has 2 aromatic heterocycles. The SMILES string of the molecule is Cc1ccc(Oc2cncc(C(=O)NC3COc4ccc(C#CC5(O)COC5)cc4N(C)C3=O)c2)cn1. The Kier molecular flexibility index (Phi) is 6.48. The van der Waals surface area contributed by atoms with Gasteiger partial charge in [0.2, 0.25) is 0 Å². The molecule has 0 aliphatic carbocycles. The largest absolute Gasteiger partial charge is 0.489 e. The van der Waals surface area contributed by atoms with Crippen molar-refractivity contribution < 1.29 is 28.9 Å². The number of likely N-dealkylation sites (N-methyl/N-ethyl adjacent to an activating group) is 1. The molecule has 1 atom stereocenters. The number of nitrogens with zero attached hydrogens (tertiary/aromatic N) is 3. The number of nitrogens with one attached hydrogen (secondary N) is 1. The Morgan fingerprint density at radius 2 is 2.03 bits per heavy atom. The zero-order chi connectivity index (χ0) is 26.0. The smallest absolute Gasteiger partial charge is 0.253 e. The number of anilines is 1. The van der Waals surface area contributed by atoms with Crippen LogP contribution in [0.1, 0.15) is 21.6 Å². The second-order valence-electron chi connectivity index (χ2n) is 8.84. The number of hydrogen-bond acceptors (Lipinski definition) is 8. The maximum atomic E-state index is 13.2. The van der Waals surface area contributed by atoms with Crippen LogP contribution in [0.25, 0.3) is 0 Å². The van der Waals surface area contributed by atoms with Crippen LogP contribution in [0, 0.1) is 18.8 Å². The predicted molar refractivity (Wildman–Crippen MR) is 133 cm³/mol. The van der Waals surface area contributed by atoms with Crippen LogP contribution in [0.5, 0.6) is 17.2 Å². The Balaban J connectivity index is 1.28. The highest BCUT2D eigenvalue weighted by atomic mass is 16.5. The lowest BCUT2D eigenvalue weighted by Gasteiger charge is -2.30. The molecule has 4 heterocycles. The van der Waals surface area contributed by atoms with Crippen molar-refractivity contribution in [3.8, 4) is 29.1 Å². The van der Waals surface area contributed by atoms with Gasteiger partial charge in [-0.3, -0.25) is 19.6 Å². The quantitative estimate of drug-likeness (QED) is 0.521. The second kappa shape index (κ2) is 9.89. The molecule has 10 heteroatoms. The molecular weight excluding hydrogens is 476 g/mol. The number of hydrogen-bond donors (Lipinski definition) is 2. The number of pyridine rings is 2. The number of aromatic nitrogens is 2. The minimum atomic E-state index is -1.14. The van der Waals surface area contributed by atoms with Crippen molar-refractivity contribution in [2.24, 2.45) is 0 Å². The molecular formula is C27H24N4O6. The molecule has 5 rings (SSSR count). The van der Waals surface area contributed by atoms with E-state index in [9.17, 15) is 14.7 Å². The van der Waals surface area contributed by atoms with E-state index in [-0.39, 0.29) is 31.3 Å². The molecule has 1 aromatic carbocycles. The molecule has 2 N–H and O–H groups in total. The summed E-state index contributed by atoms with van der Waals surface area (Å²) >= 11 is 0. The highest BCUT2D eigenvalue weighted by molar-refractivity contribution is 6.03. The van der Waals surface area contributed by atoms with Crippen molar-refractivity contribution in [2.45, 2.75) is 18.6 Å². The molecule has 0 saturated carbocycles. The molecule has 0 bridgehead atoms. The van der Waals surface area contributed by atoms with Crippen molar-refractivity contribution in [1.29, 1.82) is 0 Å². The first-order valence-corrected chi connectivity index (χ1v) is 11.5. The van der Waals surface area contributed by atoms with E-state index in [0.29, 0.717) is 28.5 Å². The summed E-state index contributed by atoms with van der Waals surface area (Å²) in [6.45, 7) is 2.15. The molecule has 2 aliphatic rings. The van der Waals surface area contributed by atoms with E-state index in [1.54, 1.807) is 37.5 Å². The fourth-order valence-corrected chi connectivity index (χ4v) is 3.73. The first-order valence-electron chi connectivity index (χ1n) is 11.5. The zero-order valence-corrected chi connectivity index (χ0v) is 20.2. The Hall–Kier alpha value is -4.46. The van der Waals surface area contributed by atoms with Gasteiger partial charge in [-0.15, -0.1) is 0 Å². The first-order chi connectivity index (χ1) is 17.8. The fourth-order valence-electron chi connectivity index (χ4n) is 3.73. The molecule has 2 aliphatic heterocycles. The monoisotopic (exact) mass is 500 g/mol. The molecule has 188 valence electrons. The van der Waals surface area contributed by atoms with E-state index in [1.165, 1.54) is 23.4 Å². The molecule has 1 fully saturated rings. The summed E-state index contributed by atoms with van der Waals surface area (Å²) in [5.41, 5.74) is 1.05. The summed E-state index contributed by atoms with van der Waals surface area (Å²) in [6.07, 6.45) is 4.46. The normalized spacial score (nSPS) is 17.8. The predicted octanol–water partition coefficient (Wildman–Crippen LogP) is 1.84. The Morgan fingerprint density at radius 3 is 2.76 bits per heavy atom. The number of aliphatic hydroxyl groups is 1. The van der Waals surface area contributed by atoms with Crippen molar-refractivity contribution in [3.63, 3.8) is 0 Å². The van der Waals surface area contributed by atoms with Gasteiger partial charge < -0.3 is 29.5 Å². The van der Waals surface area contributed by atoms with E-state index in [2.05, 4.69) is 27.1 Å². The van der Waals surface area contributed by atoms with Crippen molar-refractivity contribution in [3.05, 3.63) is 71.8 Å². The summed E-state index contributed by atoms with van der Waals surface area (Å²) < 4.78 is 16.6. The van der Waals surface area contributed by atoms with Gasteiger partial charge in [0, 0.05) is 24.5 Å². The lowest BCUT2D eigenvalue weighted by atomic mass is 10.0. The van der Waals surface area contributed by atoms with Gasteiger partial charge in [-0.25, -0.2) is 0 Å². The molecule has 0 radical (unpaired) electrons. The second-order valence-corrected chi connectivity index (χ2v) is 8.84. The standard InChI is InChI=1S/C27H24N4O6/c1-17-3-5-20(13-29-17)37-21-10-19(11-28-12-21)25(32)30-22-14-36-24-6-4-18(7-8-27(34)15-35-16-27)9-23(24)31(2)26(22)33/h3-6,9-13,22,34H,14-16H2,1-2H3,(H,30,32). The third kappa shape index (κ3) is 5.38. The number of benzene rings is 1. The molecule has 0 spiro atoms. The van der Waals surface area contributed by atoms with Crippen LogP contribution >= 0.6 is 0 Å². The highest BCUT2D eigenvalue weighted by Crippen LogP contribution is 2.32. The first kappa shape index (κ1) is 24.2. The summed E-state index contributed by atoms with van der Waals surface area (Å²) in [5.74, 6) is 6.21. The number of ether oxygens (including phenoxy) is 3. The van der Waals surface area contributed by atoms with Crippen LogP contribution in [0.15, 0.2) is 55.0 Å². The van der Waals surface area contributed by atoms with Crippen LogP contribution in [0.3, 0.4) is 0 Å². The maximum absolute atomic E-state index is 13.2. The van der Waals surface area contributed by atoms with Crippen LogP contribution in [0.4, 0.5) is 5.69 Å². The summed E-state index contributed by atoms with van der Waals surface area (Å²) in [7, 11) is 1.60. The number of fused-ring (bicyclic) bond motifs is 1. The van der Waals surface area contributed by atoms with E-state index >= 15 is 0 Å². The van der Waals surface area contributed by atoms with Gasteiger partial charge in [0.1, 0.15) is 29.9 Å². The van der Waals surface area contributed by atoms with Gasteiger partial charge in [0.15, 0.2) is 5.60 Å². The third-order valence-corrected chi connectivity index (χ3v) is 5.88. The van der Waals surface area contributed by atoms with Crippen molar-refractivity contribution in [1.82, 2.24) is 15.3 Å². The van der Waals surface area contributed by atoms with Crippen LogP contribution < -0.4 is 19.7 Å². The maximum Gasteiger partial charge on any atom is 0.253 e. The fraction of sp³-hybridized carbons (Fsp3) is 0.259. The van der Waals surface area contributed by atoms with Crippen LogP contribution in [-0.4, -0.2) is 65.4 Å². The number of carbonyl (C=O) groups excluding carboxylic acids is 2. The molecule has 37 heavy (non-hydrogen) atoms. The summed E-state index contributed by atoms with van der Waals surface area (Å²) in [6, 6.07) is 9.34. The lowest BCUT2D eigenvalue weighted by molar-refractivity contribution is -0.140. The molecule has 10 nitrogen and oxygen atoms in total. The van der Waals surface area contributed by atoms with E-state index in [4.69, 9.17) is 14.2 Å². The van der Waals surface area contributed by atoms with Gasteiger partial charge in [0.25, 0.3) is 11.8 Å². The van der Waals surface area contributed by atoms with E-state index in [1.807, 2.05) is 13.0 Å². The number of rotatable bonds is 4. The van der Waals surface area contributed by atoms with E-state index in [0.717, 1.165) is 5.69 Å². The molecule has 2 amide bonds. The zero-order valence-electron chi connectivity index (χ0n) is 20.2. The Bertz CT molecular complexity index is 1410. The third-order valence-electron chi connectivity index (χ3n) is 5.88. The molecule has 3 aromatic rings. The van der Waals surface area contributed by atoms with Gasteiger partial charge in [-0.1, -0.05) is 11.8 Å². The average molecular weight is 501 g/mol. The minimum absolute atomic E-state index is 0.0529. The van der Waals surface area contributed by atoms with Crippen molar-refractivity contribution in [2.75, 3.05) is 31.8 Å². The summed E-state index contributed by atoms with van der Waals surface area (Å²) in [5, 5.41) is 12.8.